The zero-order chi connectivity index (χ0) is 20.9. The van der Waals surface area contributed by atoms with Gasteiger partial charge in [0, 0.05) is 29.2 Å². The van der Waals surface area contributed by atoms with Gasteiger partial charge in [-0.25, -0.2) is 4.68 Å². The van der Waals surface area contributed by atoms with Crippen molar-refractivity contribution < 1.29 is 9.59 Å². The van der Waals surface area contributed by atoms with Crippen LogP contribution in [0.1, 0.15) is 37.3 Å². The first-order valence-corrected chi connectivity index (χ1v) is 10.5. The van der Waals surface area contributed by atoms with Crippen molar-refractivity contribution in [3.8, 4) is 5.69 Å². The van der Waals surface area contributed by atoms with Gasteiger partial charge in [-0.05, 0) is 42.3 Å². The normalized spacial score (nSPS) is 19.7. The molecule has 7 heteroatoms. The summed E-state index contributed by atoms with van der Waals surface area (Å²) in [5.41, 5.74) is 2.20. The minimum Gasteiger partial charge on any atom is -0.311 e. The van der Waals surface area contributed by atoms with Crippen LogP contribution in [-0.4, -0.2) is 28.1 Å². The van der Waals surface area contributed by atoms with E-state index >= 15 is 0 Å². The van der Waals surface area contributed by atoms with E-state index in [9.17, 15) is 9.59 Å². The summed E-state index contributed by atoms with van der Waals surface area (Å²) in [6.45, 7) is 2.74. The highest BCUT2D eigenvalue weighted by atomic mass is 35.5. The Morgan fingerprint density at radius 3 is 2.63 bits per heavy atom. The molecule has 1 aromatic heterocycles. The summed E-state index contributed by atoms with van der Waals surface area (Å²) in [4.78, 5) is 28.5. The van der Waals surface area contributed by atoms with E-state index in [-0.39, 0.29) is 18.2 Å². The summed E-state index contributed by atoms with van der Waals surface area (Å²) in [6, 6.07) is 15.0. The number of rotatable bonds is 4. The monoisotopic (exact) mass is 420 g/mol. The van der Waals surface area contributed by atoms with E-state index in [2.05, 4.69) is 17.3 Å². The van der Waals surface area contributed by atoms with Crippen LogP contribution in [0.15, 0.2) is 54.7 Å². The first-order chi connectivity index (χ1) is 14.6. The molecular formula is C23H21ClN4O2. The van der Waals surface area contributed by atoms with Crippen molar-refractivity contribution in [3.63, 3.8) is 0 Å². The summed E-state index contributed by atoms with van der Waals surface area (Å²) in [6.07, 6.45) is 3.67. The lowest BCUT2D eigenvalue weighted by Gasteiger charge is -2.32. The Morgan fingerprint density at radius 1 is 1.10 bits per heavy atom. The van der Waals surface area contributed by atoms with Gasteiger partial charge in [-0.2, -0.15) is 5.10 Å². The molecule has 0 bridgehead atoms. The second-order valence-corrected chi connectivity index (χ2v) is 8.19. The van der Waals surface area contributed by atoms with Gasteiger partial charge in [-0.1, -0.05) is 43.1 Å². The van der Waals surface area contributed by atoms with Gasteiger partial charge < -0.3 is 10.2 Å². The zero-order valence-electron chi connectivity index (χ0n) is 16.6. The van der Waals surface area contributed by atoms with Crippen molar-refractivity contribution >= 4 is 34.9 Å². The van der Waals surface area contributed by atoms with Crippen LogP contribution in [0, 0.1) is 0 Å². The Morgan fingerprint density at radius 2 is 1.87 bits per heavy atom. The Kier molecular flexibility index (Phi) is 4.40. The van der Waals surface area contributed by atoms with Crippen molar-refractivity contribution in [3.05, 3.63) is 70.9 Å². The zero-order valence-corrected chi connectivity index (χ0v) is 17.3. The molecule has 1 atom stereocenters. The predicted octanol–water partition coefficient (Wildman–Crippen LogP) is 4.30. The molecule has 1 N–H and O–H groups in total. The summed E-state index contributed by atoms with van der Waals surface area (Å²) in [7, 11) is 0. The number of carbonyl (C=O) groups is 2. The van der Waals surface area contributed by atoms with Gasteiger partial charge in [-0.3, -0.25) is 9.59 Å². The number of benzene rings is 2. The smallest absolute Gasteiger partial charge is 0.242 e. The quantitative estimate of drug-likeness (QED) is 0.684. The number of para-hydroxylation sites is 1. The number of nitrogens with zero attached hydrogens (tertiary/aromatic N) is 3. The van der Waals surface area contributed by atoms with Crippen molar-refractivity contribution in [2.45, 2.75) is 31.6 Å². The number of amides is 2. The SMILES string of the molecule is CCCCN1C(=O)[C@]2(CC(=O)Nc3c2cnn3-c2ccc(Cl)cc2)c2ccccc21. The minimum absolute atomic E-state index is 0.0519. The number of fused-ring (bicyclic) bond motifs is 4. The van der Waals surface area contributed by atoms with E-state index in [1.165, 1.54) is 0 Å². The molecule has 3 heterocycles. The fraction of sp³-hybridized carbons (Fsp3) is 0.261. The van der Waals surface area contributed by atoms with Gasteiger partial charge in [0.15, 0.2) is 0 Å². The number of hydrogen-bond acceptors (Lipinski definition) is 3. The van der Waals surface area contributed by atoms with Gasteiger partial charge in [0.05, 0.1) is 11.9 Å². The van der Waals surface area contributed by atoms with E-state index in [0.717, 1.165) is 35.3 Å². The number of anilines is 2. The maximum absolute atomic E-state index is 13.8. The Labute approximate surface area is 179 Å². The highest BCUT2D eigenvalue weighted by Gasteiger charge is 2.56. The van der Waals surface area contributed by atoms with Gasteiger partial charge >= 0.3 is 0 Å². The second kappa shape index (κ2) is 6.99. The van der Waals surface area contributed by atoms with Crippen LogP contribution in [0.2, 0.25) is 5.02 Å². The van der Waals surface area contributed by atoms with Crippen LogP contribution >= 0.6 is 11.6 Å². The Hall–Kier alpha value is -3.12. The summed E-state index contributed by atoms with van der Waals surface area (Å²) >= 11 is 6.02. The number of aromatic nitrogens is 2. The molecule has 2 aliphatic rings. The van der Waals surface area contributed by atoms with Crippen LogP contribution in [-0.2, 0) is 15.0 Å². The van der Waals surface area contributed by atoms with Crippen molar-refractivity contribution in [2.75, 3.05) is 16.8 Å². The predicted molar refractivity (Wildman–Crippen MR) is 116 cm³/mol. The highest BCUT2D eigenvalue weighted by molar-refractivity contribution is 6.30. The molecule has 0 radical (unpaired) electrons. The molecule has 0 saturated carbocycles. The average molecular weight is 421 g/mol. The van der Waals surface area contributed by atoms with Crippen LogP contribution in [0.25, 0.3) is 5.69 Å². The van der Waals surface area contributed by atoms with Crippen LogP contribution in [0.4, 0.5) is 11.5 Å². The van der Waals surface area contributed by atoms with Crippen LogP contribution < -0.4 is 10.2 Å². The molecule has 0 saturated heterocycles. The lowest BCUT2D eigenvalue weighted by molar-refractivity contribution is -0.126. The third-order valence-corrected chi connectivity index (χ3v) is 6.24. The molecule has 2 aliphatic heterocycles. The topological polar surface area (TPSA) is 67.2 Å². The Bertz CT molecular complexity index is 1150. The summed E-state index contributed by atoms with van der Waals surface area (Å²) in [5.74, 6) is 0.289. The van der Waals surface area contributed by atoms with E-state index < -0.39 is 5.41 Å². The van der Waals surface area contributed by atoms with Gasteiger partial charge in [-0.15, -0.1) is 0 Å². The van der Waals surface area contributed by atoms with Gasteiger partial charge in [0.25, 0.3) is 0 Å². The molecule has 0 fully saturated rings. The number of nitrogens with one attached hydrogen (secondary N) is 1. The standard InChI is InChI=1S/C23H21ClN4O2/c1-2-3-12-27-19-7-5-4-6-17(19)23(22(27)30)13-20(29)26-21-18(23)14-25-28(21)16-10-8-15(24)9-11-16/h4-11,14H,2-3,12-13H2,1H3,(H,26,29)/t23-/m1/s1. The van der Waals surface area contributed by atoms with Crippen molar-refractivity contribution in [1.82, 2.24) is 9.78 Å². The minimum atomic E-state index is -1.05. The fourth-order valence-electron chi connectivity index (χ4n) is 4.57. The first kappa shape index (κ1) is 18.9. The lowest BCUT2D eigenvalue weighted by Crippen LogP contribution is -2.46. The van der Waals surface area contributed by atoms with Crippen LogP contribution in [0.5, 0.6) is 0 Å². The number of halogens is 1. The van der Waals surface area contributed by atoms with E-state index in [0.29, 0.717) is 17.4 Å². The van der Waals surface area contributed by atoms with E-state index in [4.69, 9.17) is 11.6 Å². The van der Waals surface area contributed by atoms with Crippen LogP contribution in [0.3, 0.4) is 0 Å². The fourth-order valence-corrected chi connectivity index (χ4v) is 4.69. The lowest BCUT2D eigenvalue weighted by atomic mass is 9.72. The number of unbranched alkanes of at least 4 members (excludes halogenated alkanes) is 1. The average Bonchev–Trinajstić information content (AvgIpc) is 3.26. The van der Waals surface area contributed by atoms with E-state index in [1.54, 1.807) is 23.0 Å². The molecule has 0 unspecified atom stereocenters. The van der Waals surface area contributed by atoms with E-state index in [1.807, 2.05) is 41.3 Å². The maximum Gasteiger partial charge on any atom is 0.242 e. The van der Waals surface area contributed by atoms with Crippen molar-refractivity contribution in [1.29, 1.82) is 0 Å². The molecule has 2 aromatic carbocycles. The summed E-state index contributed by atoms with van der Waals surface area (Å²) in [5, 5.41) is 8.09. The molecule has 1 spiro atoms. The molecule has 3 aromatic rings. The number of carbonyl (C=O) groups excluding carboxylic acids is 2. The molecule has 2 amide bonds. The largest absolute Gasteiger partial charge is 0.311 e. The first-order valence-electron chi connectivity index (χ1n) is 10.1. The number of hydrogen-bond donors (Lipinski definition) is 1. The second-order valence-electron chi connectivity index (χ2n) is 7.75. The molecular weight excluding hydrogens is 400 g/mol. The molecule has 152 valence electrons. The Balaban J connectivity index is 1.70. The molecule has 30 heavy (non-hydrogen) atoms. The van der Waals surface area contributed by atoms with Gasteiger partial charge in [0.1, 0.15) is 11.2 Å². The molecule has 5 rings (SSSR count). The molecule has 6 nitrogen and oxygen atoms in total. The third-order valence-electron chi connectivity index (χ3n) is 5.98. The summed E-state index contributed by atoms with van der Waals surface area (Å²) < 4.78 is 1.66. The van der Waals surface area contributed by atoms with Gasteiger partial charge in [0.2, 0.25) is 11.8 Å². The van der Waals surface area contributed by atoms with Crippen molar-refractivity contribution in [2.24, 2.45) is 0 Å². The third kappa shape index (κ3) is 2.60. The highest BCUT2D eigenvalue weighted by Crippen LogP contribution is 2.52. The molecule has 0 aliphatic carbocycles. The maximum atomic E-state index is 13.8.